The van der Waals surface area contributed by atoms with Crippen molar-refractivity contribution in [2.24, 2.45) is 0 Å². The van der Waals surface area contributed by atoms with Gasteiger partial charge < -0.3 is 5.32 Å². The Kier molecular flexibility index (Phi) is 6.06. The molecule has 9 heteroatoms. The largest absolute Gasteiger partial charge is 0.358 e. The Hall–Kier alpha value is -3.38. The molecule has 0 aliphatic rings. The van der Waals surface area contributed by atoms with E-state index in [0.717, 1.165) is 10.4 Å². The minimum atomic E-state index is -4.29. The van der Waals surface area contributed by atoms with Crippen LogP contribution in [0.3, 0.4) is 0 Å². The molecule has 0 atom stereocenters. The van der Waals surface area contributed by atoms with Crippen molar-refractivity contribution in [2.75, 3.05) is 17.9 Å². The highest BCUT2D eigenvalue weighted by atomic mass is 32.2. The van der Waals surface area contributed by atoms with Gasteiger partial charge in [-0.25, -0.2) is 8.42 Å². The van der Waals surface area contributed by atoms with Gasteiger partial charge >= 0.3 is 0 Å². The molecule has 2 aromatic rings. The summed E-state index contributed by atoms with van der Waals surface area (Å²) in [4.78, 5) is 22.3. The monoisotopic (exact) mass is 401 g/mol. The number of rotatable bonds is 6. The SMILES string of the molecule is C#Cc1cccc(N(CC(=O)NC)S(=O)(=O)c2cc([N+](=O)[O-])cc(C)c2C)c1. The number of nitro benzene ring substituents is 1. The van der Waals surface area contributed by atoms with Crippen LogP contribution in [0.5, 0.6) is 0 Å². The third-order valence-electron chi connectivity index (χ3n) is 4.25. The molecule has 28 heavy (non-hydrogen) atoms. The number of nitrogens with zero attached hydrogens (tertiary/aromatic N) is 2. The second-order valence-electron chi connectivity index (χ2n) is 6.02. The summed E-state index contributed by atoms with van der Waals surface area (Å²) < 4.78 is 27.7. The summed E-state index contributed by atoms with van der Waals surface area (Å²) in [5.41, 5.74) is 1.08. The van der Waals surface area contributed by atoms with Crippen LogP contribution in [0, 0.1) is 36.3 Å². The zero-order chi connectivity index (χ0) is 21.1. The maximum Gasteiger partial charge on any atom is 0.271 e. The first-order valence-corrected chi connectivity index (χ1v) is 9.61. The number of carbonyl (C=O) groups excluding carboxylic acids is 1. The molecular formula is C19H19N3O5S. The number of anilines is 1. The zero-order valence-corrected chi connectivity index (χ0v) is 16.4. The molecule has 0 radical (unpaired) electrons. The number of carbonyl (C=O) groups is 1. The van der Waals surface area contributed by atoms with Crippen molar-refractivity contribution in [2.45, 2.75) is 18.7 Å². The molecule has 0 spiro atoms. The second-order valence-corrected chi connectivity index (χ2v) is 7.85. The number of hydrogen-bond donors (Lipinski definition) is 1. The first-order chi connectivity index (χ1) is 13.1. The standard InChI is InChI=1S/C19H19N3O5S/c1-5-15-7-6-8-16(10-15)21(12-19(23)20-4)28(26,27)18-11-17(22(24)25)9-13(2)14(18)3/h1,6-11H,12H2,2-4H3,(H,20,23). The molecule has 1 N–H and O–H groups in total. The number of hydrogen-bond acceptors (Lipinski definition) is 5. The minimum absolute atomic E-state index is 0.183. The van der Waals surface area contributed by atoms with Crippen molar-refractivity contribution in [1.82, 2.24) is 5.32 Å². The van der Waals surface area contributed by atoms with E-state index in [-0.39, 0.29) is 16.3 Å². The maximum atomic E-state index is 13.4. The van der Waals surface area contributed by atoms with Crippen molar-refractivity contribution >= 4 is 27.3 Å². The summed E-state index contributed by atoms with van der Waals surface area (Å²) in [5, 5.41) is 13.6. The predicted octanol–water partition coefficient (Wildman–Crippen LogP) is 2.13. The number of non-ortho nitro benzene ring substituents is 1. The summed E-state index contributed by atoms with van der Waals surface area (Å²) in [6, 6.07) is 8.45. The molecular weight excluding hydrogens is 382 g/mol. The quantitative estimate of drug-likeness (QED) is 0.453. The molecule has 0 fully saturated rings. The molecule has 1 amide bonds. The Bertz CT molecular complexity index is 1090. The molecule has 0 unspecified atom stereocenters. The number of aryl methyl sites for hydroxylation is 1. The van der Waals surface area contributed by atoms with E-state index in [0.29, 0.717) is 16.7 Å². The Morgan fingerprint density at radius 1 is 1.29 bits per heavy atom. The summed E-state index contributed by atoms with van der Waals surface area (Å²) in [7, 11) is -2.91. The van der Waals surface area contributed by atoms with E-state index < -0.39 is 27.4 Å². The topological polar surface area (TPSA) is 110 Å². The lowest BCUT2D eigenvalue weighted by molar-refractivity contribution is -0.385. The molecule has 2 rings (SSSR count). The smallest absolute Gasteiger partial charge is 0.271 e. The van der Waals surface area contributed by atoms with E-state index in [2.05, 4.69) is 11.2 Å². The van der Waals surface area contributed by atoms with Crippen LogP contribution < -0.4 is 9.62 Å². The highest BCUT2D eigenvalue weighted by molar-refractivity contribution is 7.93. The van der Waals surface area contributed by atoms with Gasteiger partial charge in [0, 0.05) is 24.7 Å². The molecule has 146 valence electrons. The number of nitro groups is 1. The van der Waals surface area contributed by atoms with Crippen LogP contribution in [0.25, 0.3) is 0 Å². The minimum Gasteiger partial charge on any atom is -0.358 e. The van der Waals surface area contributed by atoms with Crippen LogP contribution in [0.15, 0.2) is 41.3 Å². The van der Waals surface area contributed by atoms with Crippen molar-refractivity contribution in [3.63, 3.8) is 0 Å². The molecule has 0 aliphatic heterocycles. The molecule has 0 bridgehead atoms. The third-order valence-corrected chi connectivity index (χ3v) is 6.15. The van der Waals surface area contributed by atoms with Crippen molar-refractivity contribution in [1.29, 1.82) is 0 Å². The first-order valence-electron chi connectivity index (χ1n) is 8.17. The number of nitrogens with one attached hydrogen (secondary N) is 1. The van der Waals surface area contributed by atoms with Gasteiger partial charge in [-0.1, -0.05) is 12.0 Å². The lowest BCUT2D eigenvalue weighted by atomic mass is 10.1. The Morgan fingerprint density at radius 3 is 2.54 bits per heavy atom. The lowest BCUT2D eigenvalue weighted by Gasteiger charge is -2.25. The van der Waals surface area contributed by atoms with Gasteiger partial charge in [0.05, 0.1) is 15.5 Å². The van der Waals surface area contributed by atoms with Gasteiger partial charge in [0.2, 0.25) is 5.91 Å². The van der Waals surface area contributed by atoms with Crippen molar-refractivity contribution < 1.29 is 18.1 Å². The fourth-order valence-electron chi connectivity index (χ4n) is 2.58. The second kappa shape index (κ2) is 8.10. The summed E-state index contributed by atoms with van der Waals surface area (Å²) in [5.74, 6) is 1.87. The number of sulfonamides is 1. The lowest BCUT2D eigenvalue weighted by Crippen LogP contribution is -2.40. The third kappa shape index (κ3) is 4.13. The fraction of sp³-hybridized carbons (Fsp3) is 0.211. The first kappa shape index (κ1) is 20.9. The van der Waals surface area contributed by atoms with Crippen LogP contribution in [-0.4, -0.2) is 32.8 Å². The summed E-state index contributed by atoms with van der Waals surface area (Å²) in [6.07, 6.45) is 5.39. The van der Waals surface area contributed by atoms with Crippen LogP contribution in [-0.2, 0) is 14.8 Å². The molecule has 8 nitrogen and oxygen atoms in total. The van der Waals surface area contributed by atoms with E-state index in [4.69, 9.17) is 6.42 Å². The van der Waals surface area contributed by atoms with Gasteiger partial charge in [-0.2, -0.15) is 0 Å². The van der Waals surface area contributed by atoms with E-state index in [1.165, 1.54) is 25.2 Å². The van der Waals surface area contributed by atoms with E-state index in [1.54, 1.807) is 26.0 Å². The normalized spacial score (nSPS) is 10.8. The van der Waals surface area contributed by atoms with E-state index in [1.807, 2.05) is 0 Å². The summed E-state index contributed by atoms with van der Waals surface area (Å²) >= 11 is 0. The van der Waals surface area contributed by atoms with E-state index in [9.17, 15) is 23.3 Å². The molecule has 0 saturated heterocycles. The highest BCUT2D eigenvalue weighted by Gasteiger charge is 2.30. The molecule has 0 aliphatic carbocycles. The number of amides is 1. The molecule has 2 aromatic carbocycles. The maximum absolute atomic E-state index is 13.4. The van der Waals surface area contributed by atoms with Gasteiger partial charge in [0.25, 0.3) is 15.7 Å². The van der Waals surface area contributed by atoms with Crippen LogP contribution in [0.4, 0.5) is 11.4 Å². The van der Waals surface area contributed by atoms with Crippen LogP contribution in [0.1, 0.15) is 16.7 Å². The number of terminal acetylenes is 1. The number of benzene rings is 2. The van der Waals surface area contributed by atoms with Crippen molar-refractivity contribution in [3.8, 4) is 12.3 Å². The van der Waals surface area contributed by atoms with Gasteiger partial charge in [-0.15, -0.1) is 6.42 Å². The van der Waals surface area contributed by atoms with Gasteiger partial charge in [0.15, 0.2) is 0 Å². The molecule has 0 aromatic heterocycles. The Balaban J connectivity index is 2.73. The summed E-state index contributed by atoms with van der Waals surface area (Å²) in [6.45, 7) is 2.64. The number of likely N-dealkylation sites (N-methyl/N-ethyl adjacent to an activating group) is 1. The van der Waals surface area contributed by atoms with E-state index >= 15 is 0 Å². The fourth-order valence-corrected chi connectivity index (χ4v) is 4.31. The van der Waals surface area contributed by atoms with Gasteiger partial charge in [-0.3, -0.25) is 19.2 Å². The average Bonchev–Trinajstić information content (AvgIpc) is 2.67. The average molecular weight is 401 g/mol. The van der Waals surface area contributed by atoms with Crippen molar-refractivity contribution in [3.05, 3.63) is 63.2 Å². The van der Waals surface area contributed by atoms with Gasteiger partial charge in [0.1, 0.15) is 6.54 Å². The zero-order valence-electron chi connectivity index (χ0n) is 15.6. The van der Waals surface area contributed by atoms with Gasteiger partial charge in [-0.05, 0) is 43.2 Å². The predicted molar refractivity (Wildman–Crippen MR) is 106 cm³/mol. The highest BCUT2D eigenvalue weighted by Crippen LogP contribution is 2.30. The molecule has 0 heterocycles. The molecule has 0 saturated carbocycles. The van der Waals surface area contributed by atoms with Crippen LogP contribution in [0.2, 0.25) is 0 Å². The van der Waals surface area contributed by atoms with Crippen LogP contribution >= 0.6 is 0 Å². The Labute approximate surface area is 163 Å². The Morgan fingerprint density at radius 2 is 1.96 bits per heavy atom.